The third-order valence-electron chi connectivity index (χ3n) is 3.02. The first-order valence-electron chi connectivity index (χ1n) is 6.78. The number of rotatable bonds is 5. The normalized spacial score (nSPS) is 11.1. The van der Waals surface area contributed by atoms with Crippen LogP contribution in [0.3, 0.4) is 0 Å². The van der Waals surface area contributed by atoms with Gasteiger partial charge in [0.15, 0.2) is 5.78 Å². The lowest BCUT2D eigenvalue weighted by Crippen LogP contribution is -1.86. The van der Waals surface area contributed by atoms with E-state index in [-0.39, 0.29) is 5.78 Å². The van der Waals surface area contributed by atoms with Crippen LogP contribution in [0.15, 0.2) is 60.7 Å². The molecule has 2 nitrogen and oxygen atoms in total. The Labute approximate surface area is 125 Å². The molecule has 21 heavy (non-hydrogen) atoms. The van der Waals surface area contributed by atoms with Gasteiger partial charge in [-0.3, -0.25) is 4.79 Å². The van der Waals surface area contributed by atoms with Crippen molar-refractivity contribution in [1.82, 2.24) is 0 Å². The molecule has 0 aliphatic rings. The Hall–Kier alpha value is -2.61. The van der Waals surface area contributed by atoms with Crippen molar-refractivity contribution in [3.63, 3.8) is 0 Å². The highest BCUT2D eigenvalue weighted by Crippen LogP contribution is 2.13. The summed E-state index contributed by atoms with van der Waals surface area (Å²) < 4.78 is 5.15. The molecule has 0 amide bonds. The van der Waals surface area contributed by atoms with Crippen LogP contribution in [0, 0.1) is 6.92 Å². The molecule has 0 heterocycles. The van der Waals surface area contributed by atoms with E-state index in [1.807, 2.05) is 61.5 Å². The third kappa shape index (κ3) is 4.77. The second-order valence-corrected chi connectivity index (χ2v) is 4.76. The van der Waals surface area contributed by atoms with Crippen LogP contribution >= 0.6 is 0 Å². The van der Waals surface area contributed by atoms with Crippen LogP contribution in [0.2, 0.25) is 0 Å². The first-order valence-corrected chi connectivity index (χ1v) is 6.78. The summed E-state index contributed by atoms with van der Waals surface area (Å²) in [7, 11) is 1.62. The second-order valence-electron chi connectivity index (χ2n) is 4.76. The predicted molar refractivity (Wildman–Crippen MR) is 87.2 cm³/mol. The molecular formula is C19H18O2. The van der Waals surface area contributed by atoms with Gasteiger partial charge in [-0.05, 0) is 42.3 Å². The van der Waals surface area contributed by atoms with Gasteiger partial charge >= 0.3 is 0 Å². The van der Waals surface area contributed by atoms with E-state index in [0.29, 0.717) is 0 Å². The van der Waals surface area contributed by atoms with Crippen molar-refractivity contribution in [3.8, 4) is 5.75 Å². The van der Waals surface area contributed by atoms with E-state index in [4.69, 9.17) is 4.74 Å². The Kier molecular flexibility index (Phi) is 5.10. The first-order chi connectivity index (χ1) is 10.2. The van der Waals surface area contributed by atoms with Crippen molar-refractivity contribution in [3.05, 3.63) is 77.4 Å². The van der Waals surface area contributed by atoms with Gasteiger partial charge in [0.2, 0.25) is 0 Å². The Bertz CT molecular complexity index is 681. The van der Waals surface area contributed by atoms with E-state index in [2.05, 4.69) is 0 Å². The number of carbonyl (C=O) groups excluding carboxylic acids is 1. The number of hydrogen-bond acceptors (Lipinski definition) is 2. The molecule has 2 rings (SSSR count). The molecule has 0 N–H and O–H groups in total. The number of ketones is 1. The molecule has 0 aliphatic heterocycles. The van der Waals surface area contributed by atoms with Gasteiger partial charge < -0.3 is 4.74 Å². The Balaban J connectivity index is 2.02. The van der Waals surface area contributed by atoms with E-state index >= 15 is 0 Å². The van der Waals surface area contributed by atoms with Gasteiger partial charge in [0.25, 0.3) is 0 Å². The molecule has 0 aromatic heterocycles. The van der Waals surface area contributed by atoms with Gasteiger partial charge in [-0.15, -0.1) is 0 Å². The minimum atomic E-state index is -0.0423. The van der Waals surface area contributed by atoms with Crippen LogP contribution < -0.4 is 4.74 Å². The summed E-state index contributed by atoms with van der Waals surface area (Å²) in [6.45, 7) is 2.03. The lowest BCUT2D eigenvalue weighted by atomic mass is 10.1. The molecule has 0 fully saturated rings. The minimum Gasteiger partial charge on any atom is -0.497 e. The van der Waals surface area contributed by atoms with Crippen LogP contribution in [0.1, 0.15) is 16.7 Å². The maximum absolute atomic E-state index is 11.8. The average molecular weight is 278 g/mol. The van der Waals surface area contributed by atoms with E-state index in [1.54, 1.807) is 25.3 Å². The molecule has 0 aliphatic carbocycles. The average Bonchev–Trinajstić information content (AvgIpc) is 2.51. The zero-order chi connectivity index (χ0) is 15.1. The van der Waals surface area contributed by atoms with Crippen molar-refractivity contribution in [2.45, 2.75) is 6.92 Å². The molecule has 0 spiro atoms. The van der Waals surface area contributed by atoms with Crippen molar-refractivity contribution in [2.24, 2.45) is 0 Å². The van der Waals surface area contributed by atoms with Gasteiger partial charge in [0.1, 0.15) is 5.75 Å². The smallest absolute Gasteiger partial charge is 0.178 e. The lowest BCUT2D eigenvalue weighted by Gasteiger charge is -1.99. The van der Waals surface area contributed by atoms with Crippen molar-refractivity contribution < 1.29 is 9.53 Å². The summed E-state index contributed by atoms with van der Waals surface area (Å²) in [6, 6.07) is 15.6. The zero-order valence-electron chi connectivity index (χ0n) is 12.2. The molecule has 2 aromatic carbocycles. The van der Waals surface area contributed by atoms with Crippen molar-refractivity contribution >= 4 is 17.9 Å². The fourth-order valence-corrected chi connectivity index (χ4v) is 1.93. The standard InChI is InChI=1S/C19H18O2/c1-15-5-3-6-16(13-15)9-11-18(20)12-10-17-7-4-8-19(14-17)21-2/h3-14H,1-2H3. The van der Waals surface area contributed by atoms with Gasteiger partial charge in [-0.2, -0.15) is 0 Å². The van der Waals surface area contributed by atoms with Gasteiger partial charge in [0.05, 0.1) is 7.11 Å². The topological polar surface area (TPSA) is 26.3 Å². The van der Waals surface area contributed by atoms with Gasteiger partial charge in [-0.1, -0.05) is 54.1 Å². The number of carbonyl (C=O) groups is 1. The molecule has 2 aromatic rings. The SMILES string of the molecule is COc1cccc(C=CC(=O)C=Cc2cccc(C)c2)c1. The molecule has 0 unspecified atom stereocenters. The predicted octanol–water partition coefficient (Wildman–Crippen LogP) is 4.30. The number of ether oxygens (including phenoxy) is 1. The summed E-state index contributed by atoms with van der Waals surface area (Å²) in [5.74, 6) is 0.735. The van der Waals surface area contributed by atoms with Crippen LogP contribution in [0.5, 0.6) is 5.75 Å². The highest BCUT2D eigenvalue weighted by atomic mass is 16.5. The Morgan fingerprint density at radius 3 is 2.19 bits per heavy atom. The fraction of sp³-hybridized carbons (Fsp3) is 0.105. The Morgan fingerprint density at radius 1 is 0.952 bits per heavy atom. The zero-order valence-corrected chi connectivity index (χ0v) is 12.2. The molecule has 0 atom stereocenters. The van der Waals surface area contributed by atoms with E-state index in [1.165, 1.54) is 5.56 Å². The highest BCUT2D eigenvalue weighted by molar-refractivity contribution is 6.04. The monoisotopic (exact) mass is 278 g/mol. The van der Waals surface area contributed by atoms with Crippen LogP contribution in [-0.2, 0) is 4.79 Å². The maximum atomic E-state index is 11.8. The van der Waals surface area contributed by atoms with Crippen molar-refractivity contribution in [1.29, 1.82) is 0 Å². The number of methoxy groups -OCH3 is 1. The van der Waals surface area contributed by atoms with E-state index < -0.39 is 0 Å². The number of aryl methyl sites for hydroxylation is 1. The molecule has 0 bridgehead atoms. The van der Waals surface area contributed by atoms with E-state index in [0.717, 1.165) is 16.9 Å². The molecule has 0 saturated carbocycles. The summed E-state index contributed by atoms with van der Waals surface area (Å²) >= 11 is 0. The number of allylic oxidation sites excluding steroid dienone is 2. The lowest BCUT2D eigenvalue weighted by molar-refractivity contribution is -0.110. The molecular weight excluding hydrogens is 260 g/mol. The van der Waals surface area contributed by atoms with Crippen LogP contribution in [0.25, 0.3) is 12.2 Å². The molecule has 106 valence electrons. The first kappa shape index (κ1) is 14.8. The maximum Gasteiger partial charge on any atom is 0.178 e. The fourth-order valence-electron chi connectivity index (χ4n) is 1.93. The summed E-state index contributed by atoms with van der Waals surface area (Å²) in [4.78, 5) is 11.8. The third-order valence-corrected chi connectivity index (χ3v) is 3.02. The van der Waals surface area contributed by atoms with E-state index in [9.17, 15) is 4.79 Å². The summed E-state index contributed by atoms with van der Waals surface area (Å²) in [6.07, 6.45) is 6.74. The van der Waals surface area contributed by atoms with Crippen LogP contribution in [-0.4, -0.2) is 12.9 Å². The quantitative estimate of drug-likeness (QED) is 0.762. The van der Waals surface area contributed by atoms with Gasteiger partial charge in [0, 0.05) is 0 Å². The molecule has 0 saturated heterocycles. The highest BCUT2D eigenvalue weighted by Gasteiger charge is 1.94. The summed E-state index contributed by atoms with van der Waals surface area (Å²) in [5, 5.41) is 0. The van der Waals surface area contributed by atoms with Gasteiger partial charge in [-0.25, -0.2) is 0 Å². The number of benzene rings is 2. The van der Waals surface area contributed by atoms with Crippen LogP contribution in [0.4, 0.5) is 0 Å². The largest absolute Gasteiger partial charge is 0.497 e. The minimum absolute atomic E-state index is 0.0423. The number of hydrogen-bond donors (Lipinski definition) is 0. The Morgan fingerprint density at radius 2 is 1.57 bits per heavy atom. The molecule has 0 radical (unpaired) electrons. The molecule has 2 heteroatoms. The second kappa shape index (κ2) is 7.25. The summed E-state index contributed by atoms with van der Waals surface area (Å²) in [5.41, 5.74) is 3.14. The van der Waals surface area contributed by atoms with Crippen molar-refractivity contribution in [2.75, 3.05) is 7.11 Å².